The highest BCUT2D eigenvalue weighted by atomic mass is 32.1. The number of thiazole rings is 1. The zero-order valence-electron chi connectivity index (χ0n) is 16.9. The molecule has 29 heavy (non-hydrogen) atoms. The largest absolute Gasteiger partial charge is 0.378 e. The molecule has 0 radical (unpaired) electrons. The summed E-state index contributed by atoms with van der Waals surface area (Å²) in [5, 5.41) is 6.86. The third-order valence-electron chi connectivity index (χ3n) is 5.13. The molecule has 5 nitrogen and oxygen atoms in total. The van der Waals surface area contributed by atoms with Crippen LogP contribution in [-0.4, -0.2) is 44.2 Å². The summed E-state index contributed by atoms with van der Waals surface area (Å²) in [4.78, 5) is 7.61. The van der Waals surface area contributed by atoms with Gasteiger partial charge in [0.15, 0.2) is 0 Å². The molecule has 1 aromatic heterocycles. The Bertz CT molecular complexity index is 1030. The van der Waals surface area contributed by atoms with Gasteiger partial charge in [0, 0.05) is 36.8 Å². The Hall–Kier alpha value is -2.70. The van der Waals surface area contributed by atoms with Crippen LogP contribution in [0.4, 0.5) is 5.69 Å². The number of aromatic nitrogens is 1. The van der Waals surface area contributed by atoms with Crippen LogP contribution in [0.2, 0.25) is 0 Å². The van der Waals surface area contributed by atoms with Crippen LogP contribution in [-0.2, 0) is 11.2 Å². The Morgan fingerprint density at radius 2 is 1.76 bits per heavy atom. The number of hydrogen-bond donors (Lipinski definition) is 0. The molecule has 2 aromatic carbocycles. The summed E-state index contributed by atoms with van der Waals surface area (Å²) < 4.78 is 7.35. The highest BCUT2D eigenvalue weighted by Gasteiger charge is 2.11. The Morgan fingerprint density at radius 1 is 1.03 bits per heavy atom. The van der Waals surface area contributed by atoms with Gasteiger partial charge in [-0.1, -0.05) is 43.3 Å². The van der Waals surface area contributed by atoms with E-state index in [0.717, 1.165) is 54.3 Å². The van der Waals surface area contributed by atoms with E-state index in [0.29, 0.717) is 0 Å². The highest BCUT2D eigenvalue weighted by Crippen LogP contribution is 2.21. The normalized spacial score (nSPS) is 15.4. The second-order valence-electron chi connectivity index (χ2n) is 6.92. The van der Waals surface area contributed by atoms with Crippen LogP contribution in [0.15, 0.2) is 64.0 Å². The average Bonchev–Trinajstić information content (AvgIpc) is 3.21. The van der Waals surface area contributed by atoms with Gasteiger partial charge in [0.2, 0.25) is 4.80 Å². The van der Waals surface area contributed by atoms with E-state index < -0.39 is 0 Å². The first kappa shape index (κ1) is 19.6. The minimum absolute atomic E-state index is 0.795. The molecule has 0 saturated carbocycles. The Kier molecular flexibility index (Phi) is 6.22. The number of rotatable bonds is 5. The van der Waals surface area contributed by atoms with Gasteiger partial charge < -0.3 is 9.64 Å². The van der Waals surface area contributed by atoms with Crippen molar-refractivity contribution in [3.05, 3.63) is 69.8 Å². The maximum absolute atomic E-state index is 5.43. The van der Waals surface area contributed by atoms with Gasteiger partial charge in [-0.05, 0) is 29.7 Å². The molecule has 0 N–H and O–H groups in total. The predicted octanol–water partition coefficient (Wildman–Crippen LogP) is 4.03. The molecule has 1 saturated heterocycles. The predicted molar refractivity (Wildman–Crippen MR) is 121 cm³/mol. The minimum Gasteiger partial charge on any atom is -0.378 e. The van der Waals surface area contributed by atoms with Crippen molar-refractivity contribution in [3.63, 3.8) is 0 Å². The molecule has 6 heteroatoms. The monoisotopic (exact) mass is 406 g/mol. The lowest BCUT2D eigenvalue weighted by molar-refractivity contribution is 0.122. The molecule has 0 aliphatic carbocycles. The molecule has 3 aromatic rings. The fraction of sp³-hybridized carbons (Fsp3) is 0.304. The van der Waals surface area contributed by atoms with E-state index in [4.69, 9.17) is 9.84 Å². The topological polar surface area (TPSA) is 42.1 Å². The van der Waals surface area contributed by atoms with Crippen molar-refractivity contribution in [2.75, 3.05) is 38.3 Å². The molecule has 0 spiro atoms. The molecule has 4 rings (SSSR count). The molecule has 1 fully saturated rings. The van der Waals surface area contributed by atoms with Crippen LogP contribution in [0.5, 0.6) is 0 Å². The number of ether oxygens (including phenoxy) is 1. The minimum atomic E-state index is 0.795. The van der Waals surface area contributed by atoms with Gasteiger partial charge in [-0.3, -0.25) is 4.99 Å². The Labute approximate surface area is 175 Å². The van der Waals surface area contributed by atoms with Gasteiger partial charge in [0.05, 0.1) is 25.1 Å². The number of hydrogen-bond acceptors (Lipinski definition) is 5. The smallest absolute Gasteiger partial charge is 0.205 e. The van der Waals surface area contributed by atoms with Crippen molar-refractivity contribution in [2.24, 2.45) is 10.1 Å². The van der Waals surface area contributed by atoms with Gasteiger partial charge in [-0.25, -0.2) is 4.68 Å². The maximum atomic E-state index is 5.43. The van der Waals surface area contributed by atoms with Crippen LogP contribution in [0.25, 0.3) is 11.3 Å². The van der Waals surface area contributed by atoms with Crippen molar-refractivity contribution in [3.8, 4) is 11.3 Å². The molecule has 0 atom stereocenters. The van der Waals surface area contributed by atoms with Crippen molar-refractivity contribution < 1.29 is 4.74 Å². The fourth-order valence-corrected chi connectivity index (χ4v) is 4.19. The van der Waals surface area contributed by atoms with E-state index in [1.807, 2.05) is 10.9 Å². The first-order valence-corrected chi connectivity index (χ1v) is 10.9. The average molecular weight is 407 g/mol. The molecular formula is C23H26N4OS. The summed E-state index contributed by atoms with van der Waals surface area (Å²) >= 11 is 1.60. The zero-order valence-corrected chi connectivity index (χ0v) is 17.7. The summed E-state index contributed by atoms with van der Waals surface area (Å²) in [6, 6.07) is 17.2. The summed E-state index contributed by atoms with van der Waals surface area (Å²) in [6.45, 7) is 5.65. The Balaban J connectivity index is 1.58. The van der Waals surface area contributed by atoms with E-state index >= 15 is 0 Å². The van der Waals surface area contributed by atoms with Crippen LogP contribution in [0.3, 0.4) is 0 Å². The lowest BCUT2D eigenvalue weighted by Gasteiger charge is -2.28. The second-order valence-corrected chi connectivity index (χ2v) is 7.76. The summed E-state index contributed by atoms with van der Waals surface area (Å²) in [5.74, 6) is 0. The van der Waals surface area contributed by atoms with Crippen molar-refractivity contribution >= 4 is 23.2 Å². The lowest BCUT2D eigenvalue weighted by Crippen LogP contribution is -2.36. The number of nitrogens with zero attached hydrogens (tertiary/aromatic N) is 4. The van der Waals surface area contributed by atoms with E-state index in [2.05, 4.69) is 70.7 Å². The molecule has 0 amide bonds. The van der Waals surface area contributed by atoms with E-state index in [-0.39, 0.29) is 0 Å². The molecule has 1 aliphatic rings. The summed E-state index contributed by atoms with van der Waals surface area (Å²) in [6.07, 6.45) is 2.94. The first-order valence-electron chi connectivity index (χ1n) is 9.98. The molecule has 150 valence electrons. The van der Waals surface area contributed by atoms with Crippen LogP contribution in [0, 0.1) is 0 Å². The van der Waals surface area contributed by atoms with Gasteiger partial charge in [0.1, 0.15) is 0 Å². The second kappa shape index (κ2) is 9.20. The van der Waals surface area contributed by atoms with E-state index in [1.165, 1.54) is 11.3 Å². The SMILES string of the molecule is CCc1ccc(-c2csc(=NC)n2/N=C\c2ccc(N3CCOCC3)cc2)cc1. The fourth-order valence-electron chi connectivity index (χ4n) is 3.39. The molecule has 2 heterocycles. The molecule has 0 unspecified atom stereocenters. The van der Waals surface area contributed by atoms with Crippen molar-refractivity contribution in [2.45, 2.75) is 13.3 Å². The number of anilines is 1. The molecular weight excluding hydrogens is 380 g/mol. The van der Waals surface area contributed by atoms with Crippen LogP contribution < -0.4 is 9.70 Å². The standard InChI is InChI=1S/C23H26N4OS/c1-3-18-4-8-20(9-5-18)22-17-29-23(24-2)27(22)25-16-19-6-10-21(11-7-19)26-12-14-28-15-13-26/h4-11,16-17H,3,12-15H2,1-2H3/b24-23?,25-16-. The first-order chi connectivity index (χ1) is 14.3. The third kappa shape index (κ3) is 4.49. The number of morpholine rings is 1. The van der Waals surface area contributed by atoms with Gasteiger partial charge in [-0.2, -0.15) is 5.10 Å². The Morgan fingerprint density at radius 3 is 2.41 bits per heavy atom. The van der Waals surface area contributed by atoms with Gasteiger partial charge in [0.25, 0.3) is 0 Å². The van der Waals surface area contributed by atoms with E-state index in [9.17, 15) is 0 Å². The van der Waals surface area contributed by atoms with Crippen molar-refractivity contribution in [1.29, 1.82) is 0 Å². The quantitative estimate of drug-likeness (QED) is 0.601. The van der Waals surface area contributed by atoms with Gasteiger partial charge in [-0.15, -0.1) is 11.3 Å². The van der Waals surface area contributed by atoms with E-state index in [1.54, 1.807) is 18.4 Å². The van der Waals surface area contributed by atoms with Gasteiger partial charge >= 0.3 is 0 Å². The molecule has 0 bridgehead atoms. The van der Waals surface area contributed by atoms with Crippen molar-refractivity contribution in [1.82, 2.24) is 4.68 Å². The van der Waals surface area contributed by atoms with Crippen LogP contribution >= 0.6 is 11.3 Å². The zero-order chi connectivity index (χ0) is 20.1. The summed E-state index contributed by atoms with van der Waals surface area (Å²) in [5.41, 5.74) is 5.83. The van der Waals surface area contributed by atoms with Crippen LogP contribution in [0.1, 0.15) is 18.1 Å². The lowest BCUT2D eigenvalue weighted by atomic mass is 10.1. The third-order valence-corrected chi connectivity index (χ3v) is 6.03. The maximum Gasteiger partial charge on any atom is 0.205 e. The summed E-state index contributed by atoms with van der Waals surface area (Å²) in [7, 11) is 1.80. The highest BCUT2D eigenvalue weighted by molar-refractivity contribution is 7.07. The number of benzene rings is 2. The molecule has 1 aliphatic heterocycles. The number of aryl methyl sites for hydroxylation is 1.